The van der Waals surface area contributed by atoms with Crippen LogP contribution >= 0.6 is 0 Å². The molecule has 2 heteroatoms. The normalized spacial score (nSPS) is 12.5. The second kappa shape index (κ2) is 5.54. The fourth-order valence-electron chi connectivity index (χ4n) is 2.41. The molecule has 2 aromatic carbocycles. The summed E-state index contributed by atoms with van der Waals surface area (Å²) in [5.74, 6) is -0.207. The van der Waals surface area contributed by atoms with E-state index in [4.69, 9.17) is 5.73 Å². The van der Waals surface area contributed by atoms with Crippen LogP contribution in [0, 0.1) is 26.6 Å². The van der Waals surface area contributed by atoms with E-state index in [1.807, 2.05) is 6.07 Å². The first-order valence-electron chi connectivity index (χ1n) is 6.55. The molecule has 0 aliphatic heterocycles. The highest BCUT2D eigenvalue weighted by Crippen LogP contribution is 2.23. The third kappa shape index (κ3) is 3.21. The number of aryl methyl sites for hydroxylation is 3. The van der Waals surface area contributed by atoms with Crippen molar-refractivity contribution in [2.24, 2.45) is 5.73 Å². The summed E-state index contributed by atoms with van der Waals surface area (Å²) in [6.07, 6.45) is 0.654. The van der Waals surface area contributed by atoms with Crippen molar-refractivity contribution in [2.75, 3.05) is 0 Å². The van der Waals surface area contributed by atoms with Crippen LogP contribution in [0.5, 0.6) is 0 Å². The number of halogens is 1. The lowest BCUT2D eigenvalue weighted by Gasteiger charge is -2.17. The highest BCUT2D eigenvalue weighted by atomic mass is 19.1. The third-order valence-electron chi connectivity index (χ3n) is 3.63. The van der Waals surface area contributed by atoms with Gasteiger partial charge in [-0.1, -0.05) is 24.3 Å². The Bertz CT molecular complexity index is 590. The summed E-state index contributed by atoms with van der Waals surface area (Å²) in [6.45, 7) is 6.27. The Morgan fingerprint density at radius 3 is 2.37 bits per heavy atom. The van der Waals surface area contributed by atoms with Crippen LogP contribution in [0.3, 0.4) is 0 Å². The van der Waals surface area contributed by atoms with Gasteiger partial charge in [0.1, 0.15) is 5.82 Å². The maximum atomic E-state index is 13.2. The van der Waals surface area contributed by atoms with Gasteiger partial charge in [0.2, 0.25) is 0 Å². The van der Waals surface area contributed by atoms with Gasteiger partial charge in [-0.3, -0.25) is 0 Å². The predicted molar refractivity (Wildman–Crippen MR) is 77.7 cm³/mol. The van der Waals surface area contributed by atoms with Gasteiger partial charge >= 0.3 is 0 Å². The van der Waals surface area contributed by atoms with Gasteiger partial charge in [0.05, 0.1) is 0 Å². The summed E-state index contributed by atoms with van der Waals surface area (Å²) in [6, 6.07) is 10.9. The molecule has 0 radical (unpaired) electrons. The van der Waals surface area contributed by atoms with Gasteiger partial charge in [0, 0.05) is 6.04 Å². The van der Waals surface area contributed by atoms with Crippen molar-refractivity contribution in [1.82, 2.24) is 0 Å². The maximum Gasteiger partial charge on any atom is 0.123 e. The van der Waals surface area contributed by atoms with Crippen LogP contribution < -0.4 is 5.73 Å². The Morgan fingerprint density at radius 2 is 1.68 bits per heavy atom. The van der Waals surface area contributed by atoms with Gasteiger partial charge in [-0.2, -0.15) is 0 Å². The Labute approximate surface area is 114 Å². The lowest BCUT2D eigenvalue weighted by molar-refractivity contribution is 0.622. The minimum Gasteiger partial charge on any atom is -0.324 e. The molecule has 100 valence electrons. The molecule has 1 unspecified atom stereocenters. The minimum atomic E-state index is -0.207. The molecule has 0 amide bonds. The predicted octanol–water partition coefficient (Wildman–Crippen LogP) is 3.99. The summed E-state index contributed by atoms with van der Waals surface area (Å²) in [5.41, 5.74) is 12.1. The average Bonchev–Trinajstić information content (AvgIpc) is 2.33. The Morgan fingerprint density at radius 1 is 1.00 bits per heavy atom. The molecule has 19 heavy (non-hydrogen) atoms. The molecular weight excluding hydrogens is 237 g/mol. The van der Waals surface area contributed by atoms with Crippen molar-refractivity contribution in [3.05, 3.63) is 70.0 Å². The molecule has 2 aromatic rings. The molecule has 1 nitrogen and oxygen atoms in total. The van der Waals surface area contributed by atoms with Crippen LogP contribution in [0.25, 0.3) is 0 Å². The summed E-state index contributed by atoms with van der Waals surface area (Å²) in [7, 11) is 0. The zero-order chi connectivity index (χ0) is 14.0. The molecule has 0 saturated heterocycles. The fourth-order valence-corrected chi connectivity index (χ4v) is 2.41. The second-order valence-electron chi connectivity index (χ2n) is 5.23. The topological polar surface area (TPSA) is 26.0 Å². The SMILES string of the molecule is Cc1cc(C)c(C(N)Cc2cccc(F)c2)cc1C. The van der Waals surface area contributed by atoms with Crippen molar-refractivity contribution < 1.29 is 4.39 Å². The first kappa shape index (κ1) is 13.8. The lowest BCUT2D eigenvalue weighted by Crippen LogP contribution is -2.15. The zero-order valence-corrected chi connectivity index (χ0v) is 11.7. The summed E-state index contributed by atoms with van der Waals surface area (Å²) >= 11 is 0. The molecule has 0 spiro atoms. The summed E-state index contributed by atoms with van der Waals surface area (Å²) in [4.78, 5) is 0. The van der Waals surface area contributed by atoms with E-state index in [0.717, 1.165) is 11.1 Å². The molecule has 0 bridgehead atoms. The van der Waals surface area contributed by atoms with E-state index in [9.17, 15) is 4.39 Å². The average molecular weight is 257 g/mol. The van der Waals surface area contributed by atoms with E-state index in [1.165, 1.54) is 22.8 Å². The molecule has 1 atom stereocenters. The van der Waals surface area contributed by atoms with Crippen LogP contribution in [0.15, 0.2) is 36.4 Å². The van der Waals surface area contributed by atoms with Crippen LogP contribution in [0.1, 0.15) is 33.9 Å². The number of rotatable bonds is 3. The number of hydrogen-bond donors (Lipinski definition) is 1. The van der Waals surface area contributed by atoms with Gasteiger partial charge in [-0.15, -0.1) is 0 Å². The third-order valence-corrected chi connectivity index (χ3v) is 3.63. The molecule has 0 aliphatic carbocycles. The standard InChI is InChI=1S/C17H20FN/c1-11-7-13(3)16(8-12(11)2)17(19)10-14-5-4-6-15(18)9-14/h4-9,17H,10,19H2,1-3H3. The summed E-state index contributed by atoms with van der Waals surface area (Å²) in [5, 5.41) is 0. The van der Waals surface area contributed by atoms with E-state index in [2.05, 4.69) is 32.9 Å². The van der Waals surface area contributed by atoms with Gasteiger partial charge in [-0.25, -0.2) is 4.39 Å². The number of nitrogens with two attached hydrogens (primary N) is 1. The van der Waals surface area contributed by atoms with E-state index in [0.29, 0.717) is 6.42 Å². The van der Waals surface area contributed by atoms with Crippen LogP contribution in [0.2, 0.25) is 0 Å². The first-order valence-corrected chi connectivity index (χ1v) is 6.55. The van der Waals surface area contributed by atoms with E-state index >= 15 is 0 Å². The molecule has 0 heterocycles. The van der Waals surface area contributed by atoms with Crippen LogP contribution in [-0.2, 0) is 6.42 Å². The Kier molecular flexibility index (Phi) is 4.01. The molecular formula is C17H20FN. The van der Waals surface area contributed by atoms with Crippen molar-refractivity contribution in [2.45, 2.75) is 33.2 Å². The number of benzene rings is 2. The fraction of sp³-hybridized carbons (Fsp3) is 0.294. The van der Waals surface area contributed by atoms with Gasteiger partial charge in [0.25, 0.3) is 0 Å². The minimum absolute atomic E-state index is 0.0962. The van der Waals surface area contributed by atoms with E-state index in [-0.39, 0.29) is 11.9 Å². The van der Waals surface area contributed by atoms with Crippen molar-refractivity contribution in [1.29, 1.82) is 0 Å². The van der Waals surface area contributed by atoms with Gasteiger partial charge in [0.15, 0.2) is 0 Å². The second-order valence-corrected chi connectivity index (χ2v) is 5.23. The molecule has 2 N–H and O–H groups in total. The van der Waals surface area contributed by atoms with Crippen LogP contribution in [-0.4, -0.2) is 0 Å². The van der Waals surface area contributed by atoms with Gasteiger partial charge < -0.3 is 5.73 Å². The van der Waals surface area contributed by atoms with Crippen LogP contribution in [0.4, 0.5) is 4.39 Å². The van der Waals surface area contributed by atoms with Crippen molar-refractivity contribution in [3.8, 4) is 0 Å². The molecule has 0 fully saturated rings. The van der Waals surface area contributed by atoms with Gasteiger partial charge in [-0.05, 0) is 67.1 Å². The quantitative estimate of drug-likeness (QED) is 0.884. The van der Waals surface area contributed by atoms with Crippen molar-refractivity contribution in [3.63, 3.8) is 0 Å². The molecule has 0 aromatic heterocycles. The zero-order valence-electron chi connectivity index (χ0n) is 11.7. The largest absolute Gasteiger partial charge is 0.324 e. The Hall–Kier alpha value is -1.67. The van der Waals surface area contributed by atoms with E-state index in [1.54, 1.807) is 12.1 Å². The molecule has 2 rings (SSSR count). The smallest absolute Gasteiger partial charge is 0.123 e. The number of hydrogen-bond acceptors (Lipinski definition) is 1. The summed E-state index contributed by atoms with van der Waals surface area (Å²) < 4.78 is 13.2. The molecule has 0 aliphatic rings. The Balaban J connectivity index is 2.25. The monoisotopic (exact) mass is 257 g/mol. The maximum absolute atomic E-state index is 13.2. The van der Waals surface area contributed by atoms with E-state index < -0.39 is 0 Å². The highest BCUT2D eigenvalue weighted by molar-refractivity contribution is 5.38. The first-order chi connectivity index (χ1) is 8.97. The molecule has 0 saturated carbocycles. The highest BCUT2D eigenvalue weighted by Gasteiger charge is 2.11. The lowest BCUT2D eigenvalue weighted by atomic mass is 9.92. The van der Waals surface area contributed by atoms with Crippen molar-refractivity contribution >= 4 is 0 Å².